The summed E-state index contributed by atoms with van der Waals surface area (Å²) >= 11 is 0. The minimum Gasteiger partial charge on any atom is -0.445 e. The number of nitrogens with one attached hydrogen (secondary N) is 2. The van der Waals surface area contributed by atoms with Crippen molar-refractivity contribution in [2.24, 2.45) is 5.92 Å². The van der Waals surface area contributed by atoms with Crippen LogP contribution in [-0.4, -0.2) is 65.4 Å². The first kappa shape index (κ1) is 31.5. The summed E-state index contributed by atoms with van der Waals surface area (Å²) in [6.07, 6.45) is 3.21. The fourth-order valence-electron chi connectivity index (χ4n) is 4.05. The third-order valence-electron chi connectivity index (χ3n) is 6.21. The molecule has 0 bridgehead atoms. The molecule has 0 fully saturated rings. The maximum Gasteiger partial charge on any atom is 0.407 e. The molecule has 0 saturated carbocycles. The number of nitrogens with zero attached hydrogens (tertiary/aromatic N) is 1. The van der Waals surface area contributed by atoms with Crippen molar-refractivity contribution >= 4 is 17.9 Å². The van der Waals surface area contributed by atoms with Crippen molar-refractivity contribution < 1.29 is 29.3 Å². The molecule has 9 heteroatoms. The van der Waals surface area contributed by atoms with E-state index in [4.69, 9.17) is 4.74 Å². The van der Waals surface area contributed by atoms with Crippen molar-refractivity contribution in [3.63, 3.8) is 0 Å². The van der Waals surface area contributed by atoms with Gasteiger partial charge >= 0.3 is 6.09 Å². The number of aliphatic hydroxyl groups excluding tert-OH is 2. The second-order valence-electron chi connectivity index (χ2n) is 9.32. The number of amides is 3. The van der Waals surface area contributed by atoms with Crippen LogP contribution in [0.25, 0.3) is 0 Å². The first-order valence-corrected chi connectivity index (χ1v) is 13.4. The zero-order valence-electron chi connectivity index (χ0n) is 22.5. The highest BCUT2D eigenvalue weighted by Gasteiger charge is 2.25. The molecule has 4 N–H and O–H groups in total. The molecule has 0 heterocycles. The minimum atomic E-state index is -0.637. The van der Waals surface area contributed by atoms with Crippen LogP contribution in [0.15, 0.2) is 73.3 Å². The molecule has 2 atom stereocenters. The first-order valence-electron chi connectivity index (χ1n) is 13.4. The monoisotopic (exact) mass is 539 g/mol. The number of aliphatic hydroxyl groups is 2. The van der Waals surface area contributed by atoms with Crippen molar-refractivity contribution in [1.82, 2.24) is 15.5 Å². The van der Waals surface area contributed by atoms with Gasteiger partial charge in [-0.2, -0.15) is 0 Å². The summed E-state index contributed by atoms with van der Waals surface area (Å²) in [6, 6.07) is 18.4. The number of ether oxygens (including phenoxy) is 1. The molecule has 0 aliphatic rings. The first-order chi connectivity index (χ1) is 19.0. The van der Waals surface area contributed by atoms with Gasteiger partial charge in [-0.25, -0.2) is 4.79 Å². The van der Waals surface area contributed by atoms with E-state index in [1.54, 1.807) is 11.0 Å². The second-order valence-corrected chi connectivity index (χ2v) is 9.32. The van der Waals surface area contributed by atoms with Crippen LogP contribution in [0.4, 0.5) is 4.79 Å². The van der Waals surface area contributed by atoms with Gasteiger partial charge in [0.2, 0.25) is 11.8 Å². The average molecular weight is 540 g/mol. The zero-order valence-corrected chi connectivity index (χ0v) is 22.5. The molecular weight excluding hydrogens is 498 g/mol. The van der Waals surface area contributed by atoms with E-state index >= 15 is 0 Å². The Hall–Kier alpha value is -3.69. The third kappa shape index (κ3) is 12.6. The van der Waals surface area contributed by atoms with E-state index in [0.717, 1.165) is 11.1 Å². The lowest BCUT2D eigenvalue weighted by atomic mass is 9.98. The van der Waals surface area contributed by atoms with E-state index in [1.165, 1.54) is 0 Å². The van der Waals surface area contributed by atoms with Gasteiger partial charge in [0.05, 0.1) is 25.2 Å². The highest BCUT2D eigenvalue weighted by atomic mass is 16.5. The Bertz CT molecular complexity index is 1000. The molecule has 2 rings (SSSR count). The molecule has 0 aliphatic heterocycles. The van der Waals surface area contributed by atoms with Crippen LogP contribution in [0.1, 0.15) is 43.2 Å². The quantitative estimate of drug-likeness (QED) is 0.170. The summed E-state index contributed by atoms with van der Waals surface area (Å²) in [6.45, 7) is 4.42. The molecule has 0 radical (unpaired) electrons. The number of rotatable bonds is 18. The molecule has 0 aliphatic carbocycles. The Balaban J connectivity index is 1.76. The molecule has 0 aromatic heterocycles. The van der Waals surface area contributed by atoms with E-state index in [0.29, 0.717) is 38.8 Å². The van der Waals surface area contributed by atoms with E-state index < -0.39 is 18.1 Å². The predicted octanol–water partition coefficient (Wildman–Crippen LogP) is 3.16. The Morgan fingerprint density at radius 2 is 1.64 bits per heavy atom. The van der Waals surface area contributed by atoms with Gasteiger partial charge in [-0.3, -0.25) is 9.59 Å². The summed E-state index contributed by atoms with van der Waals surface area (Å²) in [4.78, 5) is 39.4. The summed E-state index contributed by atoms with van der Waals surface area (Å²) < 4.78 is 5.18. The number of hydrogen-bond acceptors (Lipinski definition) is 6. The third-order valence-corrected chi connectivity index (χ3v) is 6.21. The highest BCUT2D eigenvalue weighted by Crippen LogP contribution is 2.15. The van der Waals surface area contributed by atoms with Crippen LogP contribution in [0.5, 0.6) is 0 Å². The Kier molecular flexibility index (Phi) is 15.0. The molecule has 212 valence electrons. The summed E-state index contributed by atoms with van der Waals surface area (Å²) in [5.41, 5.74) is 1.84. The van der Waals surface area contributed by atoms with Gasteiger partial charge in [0, 0.05) is 26.1 Å². The average Bonchev–Trinajstić information content (AvgIpc) is 2.95. The lowest BCUT2D eigenvalue weighted by Crippen LogP contribution is -2.43. The summed E-state index contributed by atoms with van der Waals surface area (Å²) in [7, 11) is 0. The number of carbonyl (C=O) groups is 3. The number of benzene rings is 2. The van der Waals surface area contributed by atoms with E-state index in [1.807, 2.05) is 60.7 Å². The molecule has 9 nitrogen and oxygen atoms in total. The van der Waals surface area contributed by atoms with Gasteiger partial charge in [0.15, 0.2) is 0 Å². The lowest BCUT2D eigenvalue weighted by Gasteiger charge is -2.25. The summed E-state index contributed by atoms with van der Waals surface area (Å²) in [5, 5.41) is 24.8. The van der Waals surface area contributed by atoms with Crippen LogP contribution < -0.4 is 10.6 Å². The van der Waals surface area contributed by atoms with Crippen molar-refractivity contribution in [3.8, 4) is 0 Å². The summed E-state index contributed by atoms with van der Waals surface area (Å²) in [5.74, 6) is -1.20. The largest absolute Gasteiger partial charge is 0.445 e. The van der Waals surface area contributed by atoms with Gasteiger partial charge in [-0.1, -0.05) is 66.7 Å². The standard InChI is InChI=1S/C30H41N3O6/c1-2-11-26(20-28(36)33(18-19-34)21-24-12-5-3-6-13-24)29(37)32-27(22-35)16-9-10-17-31-30(38)39-23-25-14-7-4-8-15-25/h2-8,12-15,26-27,34-35H,1,9-11,16-23H2,(H,31,38)(H,32,37)/t26-,27+/m1/s1. The molecule has 39 heavy (non-hydrogen) atoms. The number of unbranched alkanes of at least 4 members (excludes halogenated alkanes) is 1. The van der Waals surface area contributed by atoms with Crippen LogP contribution >= 0.6 is 0 Å². The number of hydrogen-bond donors (Lipinski definition) is 4. The second kappa shape index (κ2) is 18.5. The van der Waals surface area contributed by atoms with Gasteiger partial charge in [-0.05, 0) is 36.8 Å². The molecule has 2 aromatic carbocycles. The number of alkyl carbamates (subject to hydrolysis) is 1. The smallest absolute Gasteiger partial charge is 0.407 e. The molecule has 3 amide bonds. The number of allylic oxidation sites excluding steroid dienone is 1. The topological polar surface area (TPSA) is 128 Å². The Morgan fingerprint density at radius 3 is 2.26 bits per heavy atom. The van der Waals surface area contributed by atoms with Crippen LogP contribution in [0.3, 0.4) is 0 Å². The van der Waals surface area contributed by atoms with Crippen molar-refractivity contribution in [1.29, 1.82) is 0 Å². The van der Waals surface area contributed by atoms with Gasteiger partial charge in [0.1, 0.15) is 6.61 Å². The molecule has 0 saturated heterocycles. The maximum atomic E-state index is 13.0. The fraction of sp³-hybridized carbons (Fsp3) is 0.433. The molecule has 2 aromatic rings. The SMILES string of the molecule is C=CC[C@H](CC(=O)N(CCO)Cc1ccccc1)C(=O)N[C@H](CO)CCCCNC(=O)OCc1ccccc1. The zero-order chi connectivity index (χ0) is 28.3. The highest BCUT2D eigenvalue weighted by molar-refractivity contribution is 5.86. The van der Waals surface area contributed by atoms with E-state index in [2.05, 4.69) is 17.2 Å². The molecule has 0 unspecified atom stereocenters. The van der Waals surface area contributed by atoms with Gasteiger partial charge < -0.3 is 30.5 Å². The normalized spacial score (nSPS) is 12.2. The van der Waals surface area contributed by atoms with E-state index in [9.17, 15) is 24.6 Å². The minimum absolute atomic E-state index is 0.0299. The van der Waals surface area contributed by atoms with Crippen molar-refractivity contribution in [2.45, 2.75) is 51.3 Å². The van der Waals surface area contributed by atoms with E-state index in [-0.39, 0.29) is 44.6 Å². The Morgan fingerprint density at radius 1 is 0.974 bits per heavy atom. The molecule has 0 spiro atoms. The Labute approximate surface area is 230 Å². The van der Waals surface area contributed by atoms with Crippen molar-refractivity contribution in [2.75, 3.05) is 26.3 Å². The van der Waals surface area contributed by atoms with Gasteiger partial charge in [0.25, 0.3) is 0 Å². The van der Waals surface area contributed by atoms with Crippen molar-refractivity contribution in [3.05, 3.63) is 84.4 Å². The van der Waals surface area contributed by atoms with Crippen LogP contribution in [-0.2, 0) is 27.5 Å². The fourth-order valence-corrected chi connectivity index (χ4v) is 4.05. The lowest BCUT2D eigenvalue weighted by molar-refractivity contribution is -0.137. The van der Waals surface area contributed by atoms with Crippen LogP contribution in [0, 0.1) is 5.92 Å². The molecular formula is C30H41N3O6. The predicted molar refractivity (Wildman–Crippen MR) is 149 cm³/mol. The number of carbonyl (C=O) groups excluding carboxylic acids is 3. The maximum absolute atomic E-state index is 13.0. The van der Waals surface area contributed by atoms with Gasteiger partial charge in [-0.15, -0.1) is 6.58 Å². The van der Waals surface area contributed by atoms with Crippen LogP contribution in [0.2, 0.25) is 0 Å².